The van der Waals surface area contributed by atoms with Crippen LogP contribution in [0.25, 0.3) is 28.2 Å². The lowest BCUT2D eigenvalue weighted by atomic mass is 10.1. The van der Waals surface area contributed by atoms with Gasteiger partial charge in [-0.3, -0.25) is 14.9 Å². The van der Waals surface area contributed by atoms with E-state index < -0.39 is 16.6 Å². The van der Waals surface area contributed by atoms with Gasteiger partial charge in [0.1, 0.15) is 5.82 Å². The van der Waals surface area contributed by atoms with Crippen molar-refractivity contribution in [3.63, 3.8) is 0 Å². The van der Waals surface area contributed by atoms with Gasteiger partial charge in [-0.2, -0.15) is 5.10 Å². The van der Waals surface area contributed by atoms with Crippen LogP contribution in [0.5, 0.6) is 0 Å². The Morgan fingerprint density at radius 2 is 1.45 bits per heavy atom. The first-order chi connectivity index (χ1) is 18.5. The number of hydrazone groups is 1. The summed E-state index contributed by atoms with van der Waals surface area (Å²) in [5, 5.41) is 15.4. The zero-order valence-electron chi connectivity index (χ0n) is 20.0. The third kappa shape index (κ3) is 4.96. The zero-order chi connectivity index (χ0) is 26.5. The van der Waals surface area contributed by atoms with Gasteiger partial charge in [0.2, 0.25) is 0 Å². The Balaban J connectivity index is 1.65. The number of halogens is 1. The monoisotopic (exact) mass is 504 g/mol. The molecular weight excluding hydrogens is 483 g/mol. The first-order valence-electron chi connectivity index (χ1n) is 11.7. The molecule has 0 bridgehead atoms. The summed E-state index contributed by atoms with van der Waals surface area (Å²) >= 11 is 0. The highest BCUT2D eigenvalue weighted by molar-refractivity contribution is 5.97. The maximum absolute atomic E-state index is 14.0. The molecule has 38 heavy (non-hydrogen) atoms. The Morgan fingerprint density at radius 3 is 2.08 bits per heavy atom. The second-order valence-electron chi connectivity index (χ2n) is 8.35. The topological polar surface area (TPSA) is 89.5 Å². The van der Waals surface area contributed by atoms with Gasteiger partial charge in [-0.05, 0) is 41.5 Å². The van der Waals surface area contributed by atoms with Gasteiger partial charge in [-0.25, -0.2) is 9.82 Å². The molecule has 0 spiro atoms. The smallest absolute Gasteiger partial charge is 0.274 e. The van der Waals surface area contributed by atoms with E-state index in [1.54, 1.807) is 18.2 Å². The molecule has 0 aliphatic rings. The molecule has 5 rings (SSSR count). The van der Waals surface area contributed by atoms with Gasteiger partial charge in [-0.15, -0.1) is 0 Å². The largest absolute Gasteiger partial charge is 0.309 e. The summed E-state index contributed by atoms with van der Waals surface area (Å²) in [4.78, 5) is 23.3. The fourth-order valence-corrected chi connectivity index (χ4v) is 4.20. The van der Waals surface area contributed by atoms with Crippen molar-refractivity contribution < 1.29 is 14.1 Å². The minimum atomic E-state index is -0.668. The highest BCUT2D eigenvalue weighted by Gasteiger charge is 2.19. The fraction of sp³-hybridized carbons (Fsp3) is 0. The molecule has 8 heteroatoms. The highest BCUT2D eigenvalue weighted by Crippen LogP contribution is 2.35. The first kappa shape index (κ1) is 24.3. The van der Waals surface area contributed by atoms with Gasteiger partial charge in [0.05, 0.1) is 28.1 Å². The van der Waals surface area contributed by atoms with E-state index in [2.05, 4.69) is 10.5 Å². The average Bonchev–Trinajstić information content (AvgIpc) is 3.33. The lowest BCUT2D eigenvalue weighted by molar-refractivity contribution is -0.384. The van der Waals surface area contributed by atoms with Crippen molar-refractivity contribution in [2.24, 2.45) is 5.10 Å². The number of amides is 1. The Kier molecular flexibility index (Phi) is 6.86. The van der Waals surface area contributed by atoms with E-state index in [-0.39, 0.29) is 11.3 Å². The number of carbonyl (C=O) groups is 1. The summed E-state index contributed by atoms with van der Waals surface area (Å²) in [6.45, 7) is 0. The molecule has 0 aliphatic carbocycles. The molecule has 0 radical (unpaired) electrons. The van der Waals surface area contributed by atoms with Crippen molar-refractivity contribution in [1.82, 2.24) is 9.99 Å². The van der Waals surface area contributed by atoms with Crippen LogP contribution in [-0.4, -0.2) is 21.6 Å². The van der Waals surface area contributed by atoms with Crippen LogP contribution >= 0.6 is 0 Å². The van der Waals surface area contributed by atoms with Gasteiger partial charge in [0, 0.05) is 23.4 Å². The number of aromatic nitrogens is 1. The number of hydrogen-bond donors (Lipinski definition) is 1. The van der Waals surface area contributed by atoms with Gasteiger partial charge in [-0.1, -0.05) is 72.8 Å². The van der Waals surface area contributed by atoms with E-state index in [1.165, 1.54) is 36.5 Å². The predicted molar refractivity (Wildman–Crippen MR) is 145 cm³/mol. The molecule has 1 N–H and O–H groups in total. The third-order valence-electron chi connectivity index (χ3n) is 5.95. The van der Waals surface area contributed by atoms with Gasteiger partial charge >= 0.3 is 0 Å². The molecular formula is C30H21FN4O3. The summed E-state index contributed by atoms with van der Waals surface area (Å²) in [7, 11) is 0. The number of nitrogens with zero attached hydrogens (tertiary/aromatic N) is 3. The van der Waals surface area contributed by atoms with Gasteiger partial charge < -0.3 is 4.57 Å². The van der Waals surface area contributed by atoms with Crippen LogP contribution in [0.15, 0.2) is 120 Å². The Labute approximate surface area is 217 Å². The number of benzene rings is 4. The fourth-order valence-electron chi connectivity index (χ4n) is 4.20. The number of carbonyl (C=O) groups excluding carboxylic acids is 1. The quantitative estimate of drug-likeness (QED) is 0.153. The molecule has 4 aromatic carbocycles. The summed E-state index contributed by atoms with van der Waals surface area (Å²) in [5.41, 5.74) is 7.04. The molecule has 0 fully saturated rings. The minimum Gasteiger partial charge on any atom is -0.309 e. The number of rotatable bonds is 7. The summed E-state index contributed by atoms with van der Waals surface area (Å²) < 4.78 is 16.0. The third-order valence-corrected chi connectivity index (χ3v) is 5.95. The van der Waals surface area contributed by atoms with Crippen molar-refractivity contribution >= 4 is 17.8 Å². The molecule has 0 aliphatic heterocycles. The molecule has 7 nitrogen and oxygen atoms in total. The standard InChI is InChI=1S/C30H21FN4O3/c31-27-14-8-7-13-26(27)30(36)33-32-20-23-19-28(21-9-3-1-4-10-21)34(29(23)22-11-5-2-6-12-22)24-15-17-25(18-16-24)35(37)38/h1-20H,(H,33,36)/b32-20-. The second-order valence-corrected chi connectivity index (χ2v) is 8.35. The minimum absolute atomic E-state index is 0.0129. The average molecular weight is 505 g/mol. The second kappa shape index (κ2) is 10.7. The molecule has 1 amide bonds. The Morgan fingerprint density at radius 1 is 0.842 bits per heavy atom. The van der Waals surface area contributed by atoms with E-state index in [0.29, 0.717) is 11.3 Å². The highest BCUT2D eigenvalue weighted by atomic mass is 19.1. The molecule has 0 saturated carbocycles. The van der Waals surface area contributed by atoms with Crippen LogP contribution < -0.4 is 5.43 Å². The Bertz CT molecular complexity index is 1630. The molecule has 186 valence electrons. The van der Waals surface area contributed by atoms with Crippen molar-refractivity contribution in [2.75, 3.05) is 0 Å². The van der Waals surface area contributed by atoms with E-state index in [4.69, 9.17) is 0 Å². The van der Waals surface area contributed by atoms with Gasteiger partial charge in [0.25, 0.3) is 11.6 Å². The maximum Gasteiger partial charge on any atom is 0.274 e. The first-order valence-corrected chi connectivity index (χ1v) is 11.7. The molecule has 5 aromatic rings. The van der Waals surface area contributed by atoms with E-state index in [9.17, 15) is 19.3 Å². The van der Waals surface area contributed by atoms with Crippen LogP contribution in [0.1, 0.15) is 15.9 Å². The number of hydrogen-bond acceptors (Lipinski definition) is 4. The zero-order valence-corrected chi connectivity index (χ0v) is 20.0. The molecule has 0 saturated heterocycles. The normalized spacial score (nSPS) is 11.0. The molecule has 0 atom stereocenters. The van der Waals surface area contributed by atoms with E-state index in [0.717, 1.165) is 22.5 Å². The number of nitro benzene ring substituents is 1. The Hall–Kier alpha value is -5.37. The van der Waals surface area contributed by atoms with Crippen molar-refractivity contribution in [2.45, 2.75) is 0 Å². The lowest BCUT2D eigenvalue weighted by Gasteiger charge is -2.15. The van der Waals surface area contributed by atoms with Crippen molar-refractivity contribution in [3.8, 4) is 28.2 Å². The lowest BCUT2D eigenvalue weighted by Crippen LogP contribution is -2.18. The summed E-state index contributed by atoms with van der Waals surface area (Å²) in [6, 6.07) is 33.2. The van der Waals surface area contributed by atoms with E-state index in [1.807, 2.05) is 71.3 Å². The van der Waals surface area contributed by atoms with Crippen LogP contribution in [-0.2, 0) is 0 Å². The SMILES string of the molecule is O=C(N/N=C\c1cc(-c2ccccc2)n(-c2ccc([N+](=O)[O-])cc2)c1-c1ccccc1)c1ccccc1F. The van der Waals surface area contributed by atoms with Crippen molar-refractivity contribution in [3.05, 3.63) is 142 Å². The summed E-state index contributed by atoms with van der Waals surface area (Å²) in [6.07, 6.45) is 1.51. The van der Waals surface area contributed by atoms with Crippen molar-refractivity contribution in [1.29, 1.82) is 0 Å². The van der Waals surface area contributed by atoms with Crippen LogP contribution in [0, 0.1) is 15.9 Å². The number of nitro groups is 1. The molecule has 1 aromatic heterocycles. The van der Waals surface area contributed by atoms with Crippen LogP contribution in [0.4, 0.5) is 10.1 Å². The maximum atomic E-state index is 14.0. The molecule has 1 heterocycles. The number of nitrogens with one attached hydrogen (secondary N) is 1. The van der Waals surface area contributed by atoms with Crippen LogP contribution in [0.3, 0.4) is 0 Å². The number of non-ortho nitro benzene ring substituents is 1. The van der Waals surface area contributed by atoms with Gasteiger partial charge in [0.15, 0.2) is 0 Å². The summed E-state index contributed by atoms with van der Waals surface area (Å²) in [5.74, 6) is -1.31. The molecule has 0 unspecified atom stereocenters. The van der Waals surface area contributed by atoms with Crippen LogP contribution in [0.2, 0.25) is 0 Å². The van der Waals surface area contributed by atoms with E-state index >= 15 is 0 Å². The predicted octanol–water partition coefficient (Wildman–Crippen LogP) is 6.62.